The fraction of sp³-hybridized carbons (Fsp3) is 0.348. The van der Waals surface area contributed by atoms with Crippen LogP contribution in [0.1, 0.15) is 18.0 Å². The monoisotopic (exact) mass is 457 g/mol. The summed E-state index contributed by atoms with van der Waals surface area (Å²) in [6, 6.07) is 13.7. The molecule has 9 heteroatoms. The quantitative estimate of drug-likeness (QED) is 0.529. The van der Waals surface area contributed by atoms with E-state index in [-0.39, 0.29) is 24.8 Å². The molecule has 0 saturated carbocycles. The average Bonchev–Trinajstić information content (AvgIpc) is 3.14. The zero-order chi connectivity index (χ0) is 22.7. The van der Waals surface area contributed by atoms with E-state index in [1.807, 2.05) is 29.2 Å². The van der Waals surface area contributed by atoms with Gasteiger partial charge in [0.25, 0.3) is 0 Å². The van der Waals surface area contributed by atoms with Crippen LogP contribution in [0.3, 0.4) is 0 Å². The van der Waals surface area contributed by atoms with Crippen molar-refractivity contribution in [3.8, 4) is 0 Å². The van der Waals surface area contributed by atoms with E-state index in [1.54, 1.807) is 29.2 Å². The van der Waals surface area contributed by atoms with Gasteiger partial charge < -0.3 is 14.1 Å². The molecular weight excluding hydrogens is 434 g/mol. The van der Waals surface area contributed by atoms with Crippen LogP contribution in [-0.2, 0) is 20.9 Å². The van der Waals surface area contributed by atoms with Crippen molar-refractivity contribution in [3.05, 3.63) is 69.7 Å². The number of rotatable bonds is 6. The van der Waals surface area contributed by atoms with Crippen LogP contribution in [0.5, 0.6) is 0 Å². The molecule has 1 amide bonds. The van der Waals surface area contributed by atoms with Gasteiger partial charge in [-0.15, -0.1) is 0 Å². The molecule has 1 saturated heterocycles. The summed E-state index contributed by atoms with van der Waals surface area (Å²) in [4.78, 5) is 41.1. The SMILES string of the molecule is COC(=O)C(c1ccccc1Cl)N1CCN(C(=O)CCn2c(=O)oc3ccccc32)CC1. The zero-order valence-electron chi connectivity index (χ0n) is 17.7. The number of hydrogen-bond acceptors (Lipinski definition) is 6. The molecule has 2 aromatic carbocycles. The normalized spacial score (nSPS) is 15.6. The number of esters is 1. The Morgan fingerprint density at radius 3 is 2.47 bits per heavy atom. The molecule has 0 aliphatic carbocycles. The number of oxazole rings is 1. The highest BCUT2D eigenvalue weighted by atomic mass is 35.5. The summed E-state index contributed by atoms with van der Waals surface area (Å²) >= 11 is 6.33. The summed E-state index contributed by atoms with van der Waals surface area (Å²) in [5, 5.41) is 0.499. The van der Waals surface area contributed by atoms with Crippen molar-refractivity contribution in [2.75, 3.05) is 33.3 Å². The van der Waals surface area contributed by atoms with Gasteiger partial charge in [0.05, 0.1) is 12.6 Å². The van der Waals surface area contributed by atoms with Gasteiger partial charge in [0.1, 0.15) is 6.04 Å². The maximum absolute atomic E-state index is 12.8. The maximum atomic E-state index is 12.8. The first-order valence-corrected chi connectivity index (χ1v) is 10.8. The highest BCUT2D eigenvalue weighted by Crippen LogP contribution is 2.29. The Kier molecular flexibility index (Phi) is 6.62. The molecular formula is C23H24ClN3O5. The molecule has 4 rings (SSSR count). The Morgan fingerprint density at radius 1 is 1.06 bits per heavy atom. The van der Waals surface area contributed by atoms with Crippen LogP contribution in [-0.4, -0.2) is 59.5 Å². The van der Waals surface area contributed by atoms with Crippen LogP contribution < -0.4 is 5.76 Å². The van der Waals surface area contributed by atoms with E-state index in [0.717, 1.165) is 0 Å². The van der Waals surface area contributed by atoms with E-state index >= 15 is 0 Å². The van der Waals surface area contributed by atoms with Crippen LogP contribution in [0, 0.1) is 0 Å². The summed E-state index contributed by atoms with van der Waals surface area (Å²) in [5.74, 6) is -0.900. The molecule has 1 aliphatic heterocycles. The molecule has 2 heterocycles. The van der Waals surface area contributed by atoms with E-state index in [2.05, 4.69) is 0 Å². The molecule has 0 spiro atoms. The van der Waals surface area contributed by atoms with Gasteiger partial charge >= 0.3 is 11.7 Å². The molecule has 1 fully saturated rings. The van der Waals surface area contributed by atoms with E-state index in [4.69, 9.17) is 20.8 Å². The van der Waals surface area contributed by atoms with Crippen molar-refractivity contribution in [1.82, 2.24) is 14.4 Å². The first-order chi connectivity index (χ1) is 15.5. The van der Waals surface area contributed by atoms with Crippen molar-refractivity contribution < 1.29 is 18.7 Å². The Bertz CT molecular complexity index is 1180. The van der Waals surface area contributed by atoms with Crippen LogP contribution in [0.25, 0.3) is 11.1 Å². The third-order valence-electron chi connectivity index (χ3n) is 5.78. The minimum Gasteiger partial charge on any atom is -0.468 e. The topological polar surface area (TPSA) is 85.0 Å². The molecule has 0 N–H and O–H groups in total. The maximum Gasteiger partial charge on any atom is 0.419 e. The van der Waals surface area contributed by atoms with Crippen molar-refractivity contribution >= 4 is 34.6 Å². The summed E-state index contributed by atoms with van der Waals surface area (Å²) in [5.41, 5.74) is 1.87. The van der Waals surface area contributed by atoms with Gasteiger partial charge in [0.2, 0.25) is 5.91 Å². The number of carbonyl (C=O) groups is 2. The number of amides is 1. The average molecular weight is 458 g/mol. The van der Waals surface area contributed by atoms with Crippen molar-refractivity contribution in [2.24, 2.45) is 0 Å². The fourth-order valence-electron chi connectivity index (χ4n) is 4.10. The first-order valence-electron chi connectivity index (χ1n) is 10.4. The standard InChI is InChI=1S/C23H24ClN3O5/c1-31-22(29)21(16-6-2-3-7-17(16)24)26-14-12-25(13-15-26)20(28)10-11-27-18-8-4-5-9-19(18)32-23(27)30/h2-9,21H,10-15H2,1H3. The minimum atomic E-state index is -0.623. The van der Waals surface area contributed by atoms with E-state index in [9.17, 15) is 14.4 Å². The van der Waals surface area contributed by atoms with Gasteiger partial charge in [-0.1, -0.05) is 41.9 Å². The van der Waals surface area contributed by atoms with Crippen LogP contribution in [0.15, 0.2) is 57.7 Å². The van der Waals surface area contributed by atoms with Gasteiger partial charge in [-0.3, -0.25) is 14.3 Å². The molecule has 0 bridgehead atoms. The lowest BCUT2D eigenvalue weighted by atomic mass is 10.0. The summed E-state index contributed by atoms with van der Waals surface area (Å²) < 4.78 is 11.7. The fourth-order valence-corrected chi connectivity index (χ4v) is 4.34. The van der Waals surface area contributed by atoms with E-state index < -0.39 is 11.8 Å². The predicted molar refractivity (Wildman–Crippen MR) is 119 cm³/mol. The van der Waals surface area contributed by atoms with E-state index in [0.29, 0.717) is 47.9 Å². The van der Waals surface area contributed by atoms with Crippen molar-refractivity contribution in [3.63, 3.8) is 0 Å². The third-order valence-corrected chi connectivity index (χ3v) is 6.12. The number of hydrogen-bond donors (Lipinski definition) is 0. The van der Waals surface area contributed by atoms with Crippen LogP contribution in [0.4, 0.5) is 0 Å². The van der Waals surface area contributed by atoms with Gasteiger partial charge in [-0.2, -0.15) is 0 Å². The number of halogens is 1. The lowest BCUT2D eigenvalue weighted by molar-refractivity contribution is -0.148. The number of aryl methyl sites for hydroxylation is 1. The second kappa shape index (κ2) is 9.58. The molecule has 168 valence electrons. The Labute approximate surface area is 189 Å². The van der Waals surface area contributed by atoms with Gasteiger partial charge in [0.15, 0.2) is 5.58 Å². The molecule has 32 heavy (non-hydrogen) atoms. The Balaban J connectivity index is 1.39. The summed E-state index contributed by atoms with van der Waals surface area (Å²) in [7, 11) is 1.35. The molecule has 1 atom stereocenters. The highest BCUT2D eigenvalue weighted by Gasteiger charge is 2.33. The second-order valence-corrected chi connectivity index (χ2v) is 8.01. The highest BCUT2D eigenvalue weighted by molar-refractivity contribution is 6.31. The smallest absolute Gasteiger partial charge is 0.419 e. The van der Waals surface area contributed by atoms with Gasteiger partial charge in [-0.25, -0.2) is 9.59 Å². The number of aromatic nitrogens is 1. The van der Waals surface area contributed by atoms with E-state index in [1.165, 1.54) is 11.7 Å². The lowest BCUT2D eigenvalue weighted by Gasteiger charge is -2.38. The lowest BCUT2D eigenvalue weighted by Crippen LogP contribution is -2.51. The molecule has 0 radical (unpaired) electrons. The van der Waals surface area contributed by atoms with Crippen molar-refractivity contribution in [2.45, 2.75) is 19.0 Å². The number of methoxy groups -OCH3 is 1. The minimum absolute atomic E-state index is 0.0470. The number of fused-ring (bicyclic) bond motifs is 1. The summed E-state index contributed by atoms with van der Waals surface area (Å²) in [6.07, 6.45) is 0.189. The largest absolute Gasteiger partial charge is 0.468 e. The molecule has 1 aromatic heterocycles. The number of piperazine rings is 1. The molecule has 3 aromatic rings. The second-order valence-electron chi connectivity index (χ2n) is 7.60. The summed E-state index contributed by atoms with van der Waals surface area (Å²) in [6.45, 7) is 2.20. The van der Waals surface area contributed by atoms with Crippen LogP contribution in [0.2, 0.25) is 5.02 Å². The first kappa shape index (κ1) is 22.1. The Hall–Kier alpha value is -3.10. The van der Waals surface area contributed by atoms with Gasteiger partial charge in [-0.05, 0) is 23.8 Å². The number of ether oxygens (including phenoxy) is 1. The number of carbonyl (C=O) groups excluding carboxylic acids is 2. The molecule has 8 nitrogen and oxygen atoms in total. The van der Waals surface area contributed by atoms with Gasteiger partial charge in [0, 0.05) is 44.2 Å². The number of para-hydroxylation sites is 2. The number of benzene rings is 2. The van der Waals surface area contributed by atoms with Crippen molar-refractivity contribution in [1.29, 1.82) is 0 Å². The predicted octanol–water partition coefficient (Wildman–Crippen LogP) is 2.70. The number of nitrogens with zero attached hydrogens (tertiary/aromatic N) is 3. The van der Waals surface area contributed by atoms with Crippen LogP contribution >= 0.6 is 11.6 Å². The molecule has 1 aliphatic rings. The molecule has 1 unspecified atom stereocenters. The zero-order valence-corrected chi connectivity index (χ0v) is 18.5. The third kappa shape index (κ3) is 4.42. The Morgan fingerprint density at radius 2 is 1.75 bits per heavy atom.